The third-order valence-electron chi connectivity index (χ3n) is 4.15. The molecule has 1 aromatic carbocycles. The molecule has 1 fully saturated rings. The molecule has 25 heavy (non-hydrogen) atoms. The highest BCUT2D eigenvalue weighted by Crippen LogP contribution is 2.10. The molecule has 0 saturated carbocycles. The summed E-state index contributed by atoms with van der Waals surface area (Å²) in [5, 5.41) is 3.24. The van der Waals surface area contributed by atoms with Crippen LogP contribution in [-0.2, 0) is 6.54 Å². The molecule has 0 aliphatic carbocycles. The zero-order valence-corrected chi connectivity index (χ0v) is 14.1. The molecule has 1 amide bonds. The van der Waals surface area contributed by atoms with Crippen LogP contribution in [0.4, 0.5) is 4.39 Å². The van der Waals surface area contributed by atoms with E-state index in [1.54, 1.807) is 30.1 Å². The highest BCUT2D eigenvalue weighted by Gasteiger charge is 2.25. The second-order valence-electron chi connectivity index (χ2n) is 5.79. The van der Waals surface area contributed by atoms with Crippen molar-refractivity contribution in [3.05, 3.63) is 59.8 Å². The maximum absolute atomic E-state index is 13.2. The summed E-state index contributed by atoms with van der Waals surface area (Å²) in [6.45, 7) is 3.04. The summed E-state index contributed by atoms with van der Waals surface area (Å²) >= 11 is 0. The van der Waals surface area contributed by atoms with Crippen LogP contribution in [0.1, 0.15) is 16.1 Å². The van der Waals surface area contributed by atoms with Crippen LogP contribution >= 0.6 is 0 Å². The van der Waals surface area contributed by atoms with E-state index in [-0.39, 0.29) is 11.7 Å². The third kappa shape index (κ3) is 4.17. The van der Waals surface area contributed by atoms with E-state index in [2.05, 4.69) is 15.2 Å². The molecular formula is C18H21FN4O2. The fraction of sp³-hybridized carbons (Fsp3) is 0.333. The summed E-state index contributed by atoms with van der Waals surface area (Å²) in [5.74, 6) is 0.767. The van der Waals surface area contributed by atoms with E-state index in [1.807, 2.05) is 6.07 Å². The Morgan fingerprint density at radius 1 is 1.20 bits per heavy atom. The molecule has 1 aromatic heterocycles. The SMILES string of the molecule is CN=C(NCc1cccc(F)c1)N1CCN(C(=O)c2ccco2)CC1. The maximum Gasteiger partial charge on any atom is 0.289 e. The molecule has 0 radical (unpaired) electrons. The number of hydrogen-bond acceptors (Lipinski definition) is 3. The summed E-state index contributed by atoms with van der Waals surface area (Å²) in [4.78, 5) is 20.4. The van der Waals surface area contributed by atoms with Gasteiger partial charge < -0.3 is 19.5 Å². The normalized spacial score (nSPS) is 15.4. The summed E-state index contributed by atoms with van der Waals surface area (Å²) in [6.07, 6.45) is 1.50. The minimum Gasteiger partial charge on any atom is -0.459 e. The number of nitrogens with zero attached hydrogens (tertiary/aromatic N) is 3. The number of guanidine groups is 1. The van der Waals surface area contributed by atoms with E-state index in [1.165, 1.54) is 18.4 Å². The van der Waals surface area contributed by atoms with Gasteiger partial charge in [-0.25, -0.2) is 4.39 Å². The van der Waals surface area contributed by atoms with E-state index in [0.717, 1.165) is 11.5 Å². The van der Waals surface area contributed by atoms with Crippen molar-refractivity contribution in [3.63, 3.8) is 0 Å². The van der Waals surface area contributed by atoms with Gasteiger partial charge in [-0.1, -0.05) is 12.1 Å². The first-order valence-corrected chi connectivity index (χ1v) is 8.20. The quantitative estimate of drug-likeness (QED) is 0.683. The molecule has 2 aromatic rings. The van der Waals surface area contributed by atoms with Crippen molar-refractivity contribution in [2.24, 2.45) is 4.99 Å². The number of nitrogens with one attached hydrogen (secondary N) is 1. The van der Waals surface area contributed by atoms with Crippen LogP contribution in [0.3, 0.4) is 0 Å². The first-order valence-electron chi connectivity index (χ1n) is 8.20. The Labute approximate surface area is 145 Å². The predicted molar refractivity (Wildman–Crippen MR) is 92.8 cm³/mol. The number of rotatable bonds is 3. The van der Waals surface area contributed by atoms with E-state index in [4.69, 9.17) is 4.42 Å². The van der Waals surface area contributed by atoms with Crippen LogP contribution in [0, 0.1) is 5.82 Å². The Hall–Kier alpha value is -2.83. The first-order chi connectivity index (χ1) is 12.2. The lowest BCUT2D eigenvalue weighted by molar-refractivity contribution is 0.0657. The number of carbonyl (C=O) groups is 1. The Bertz CT molecular complexity index is 737. The molecule has 0 atom stereocenters. The zero-order valence-electron chi connectivity index (χ0n) is 14.1. The van der Waals surface area contributed by atoms with E-state index < -0.39 is 0 Å². The van der Waals surface area contributed by atoms with Gasteiger partial charge >= 0.3 is 0 Å². The highest BCUT2D eigenvalue weighted by atomic mass is 19.1. The van der Waals surface area contributed by atoms with Crippen molar-refractivity contribution in [2.75, 3.05) is 33.2 Å². The minimum atomic E-state index is -0.251. The number of carbonyl (C=O) groups excluding carboxylic acids is 1. The lowest BCUT2D eigenvalue weighted by atomic mass is 10.2. The lowest BCUT2D eigenvalue weighted by Gasteiger charge is -2.36. The van der Waals surface area contributed by atoms with Crippen LogP contribution in [0.25, 0.3) is 0 Å². The Kier molecular flexibility index (Phi) is 5.33. The molecule has 0 bridgehead atoms. The van der Waals surface area contributed by atoms with Crippen LogP contribution in [0.15, 0.2) is 52.1 Å². The number of furan rings is 1. The molecule has 1 N–H and O–H groups in total. The largest absolute Gasteiger partial charge is 0.459 e. The van der Waals surface area contributed by atoms with Crippen molar-refractivity contribution in [2.45, 2.75) is 6.54 Å². The molecule has 0 spiro atoms. The van der Waals surface area contributed by atoms with Gasteiger partial charge in [0.25, 0.3) is 5.91 Å². The van der Waals surface area contributed by atoms with Crippen LogP contribution in [-0.4, -0.2) is 54.9 Å². The minimum absolute atomic E-state index is 0.0904. The van der Waals surface area contributed by atoms with Gasteiger partial charge in [0.1, 0.15) is 5.82 Å². The predicted octanol–water partition coefficient (Wildman–Crippen LogP) is 1.95. The molecule has 132 valence electrons. The van der Waals surface area contributed by atoms with Gasteiger partial charge in [-0.3, -0.25) is 9.79 Å². The van der Waals surface area contributed by atoms with Crippen molar-refractivity contribution in [1.29, 1.82) is 0 Å². The molecule has 6 nitrogen and oxygen atoms in total. The smallest absolute Gasteiger partial charge is 0.289 e. The molecule has 3 rings (SSSR count). The standard InChI is InChI=1S/C18H21FN4O2/c1-20-18(21-13-14-4-2-5-15(19)12-14)23-9-7-22(8-10-23)17(24)16-6-3-11-25-16/h2-6,11-12H,7-10,13H2,1H3,(H,20,21). The summed E-state index contributed by atoms with van der Waals surface area (Å²) < 4.78 is 18.4. The lowest BCUT2D eigenvalue weighted by Crippen LogP contribution is -2.53. The average molecular weight is 344 g/mol. The van der Waals surface area contributed by atoms with E-state index >= 15 is 0 Å². The summed E-state index contributed by atoms with van der Waals surface area (Å²) in [7, 11) is 1.72. The van der Waals surface area contributed by atoms with Gasteiger partial charge in [0.2, 0.25) is 0 Å². The van der Waals surface area contributed by atoms with Gasteiger partial charge in [0.15, 0.2) is 11.7 Å². The molecular weight excluding hydrogens is 323 g/mol. The van der Waals surface area contributed by atoms with Gasteiger partial charge in [0, 0.05) is 39.8 Å². The zero-order chi connectivity index (χ0) is 17.6. The molecule has 1 saturated heterocycles. The van der Waals surface area contributed by atoms with E-state index in [9.17, 15) is 9.18 Å². The van der Waals surface area contributed by atoms with Crippen LogP contribution in [0.5, 0.6) is 0 Å². The highest BCUT2D eigenvalue weighted by molar-refractivity contribution is 5.91. The fourth-order valence-corrected chi connectivity index (χ4v) is 2.84. The molecule has 7 heteroatoms. The molecule has 2 heterocycles. The number of hydrogen-bond donors (Lipinski definition) is 1. The Morgan fingerprint density at radius 2 is 1.96 bits per heavy atom. The summed E-state index contributed by atoms with van der Waals surface area (Å²) in [5.41, 5.74) is 0.854. The first kappa shape index (κ1) is 17.0. The van der Waals surface area contributed by atoms with Crippen LogP contribution in [0.2, 0.25) is 0 Å². The van der Waals surface area contributed by atoms with Gasteiger partial charge in [-0.15, -0.1) is 0 Å². The van der Waals surface area contributed by atoms with Crippen LogP contribution < -0.4 is 5.32 Å². The number of amides is 1. The monoisotopic (exact) mass is 344 g/mol. The number of aliphatic imine (C=N–C) groups is 1. The second kappa shape index (κ2) is 7.83. The van der Waals surface area contributed by atoms with Crippen molar-refractivity contribution >= 4 is 11.9 Å². The molecule has 1 aliphatic rings. The fourth-order valence-electron chi connectivity index (χ4n) is 2.84. The Morgan fingerprint density at radius 3 is 2.60 bits per heavy atom. The van der Waals surface area contributed by atoms with Crippen molar-refractivity contribution in [3.8, 4) is 0 Å². The Balaban J connectivity index is 1.53. The average Bonchev–Trinajstić information content (AvgIpc) is 3.17. The third-order valence-corrected chi connectivity index (χ3v) is 4.15. The van der Waals surface area contributed by atoms with E-state index in [0.29, 0.717) is 38.5 Å². The topological polar surface area (TPSA) is 61.1 Å². The summed E-state index contributed by atoms with van der Waals surface area (Å²) in [6, 6.07) is 9.86. The maximum atomic E-state index is 13.2. The van der Waals surface area contributed by atoms with Gasteiger partial charge in [0.05, 0.1) is 6.26 Å². The van der Waals surface area contributed by atoms with Gasteiger partial charge in [-0.2, -0.15) is 0 Å². The number of benzene rings is 1. The number of piperazine rings is 1. The van der Waals surface area contributed by atoms with Gasteiger partial charge in [-0.05, 0) is 29.8 Å². The molecule has 0 unspecified atom stereocenters. The molecule has 1 aliphatic heterocycles. The second-order valence-corrected chi connectivity index (χ2v) is 5.79. The van der Waals surface area contributed by atoms with Crippen molar-refractivity contribution < 1.29 is 13.6 Å². The van der Waals surface area contributed by atoms with Crippen molar-refractivity contribution in [1.82, 2.24) is 15.1 Å². The number of halogens is 1.